The number of nitrogens with one attached hydrogen (secondary N) is 1. The van der Waals surface area contributed by atoms with E-state index in [0.717, 1.165) is 5.92 Å². The predicted octanol–water partition coefficient (Wildman–Crippen LogP) is 3.12. The number of rotatable bonds is 5. The summed E-state index contributed by atoms with van der Waals surface area (Å²) in [5.41, 5.74) is 1.66. The summed E-state index contributed by atoms with van der Waals surface area (Å²) in [6.07, 6.45) is 9.06. The van der Waals surface area contributed by atoms with E-state index in [-0.39, 0.29) is 0 Å². The molecule has 1 rings (SSSR count). The second kappa shape index (κ2) is 5.43. The molecule has 76 valence electrons. The van der Waals surface area contributed by atoms with Crippen molar-refractivity contribution in [3.8, 4) is 0 Å². The molecule has 0 saturated carbocycles. The average molecular weight is 181 g/mol. The molecule has 0 fully saturated rings. The van der Waals surface area contributed by atoms with E-state index < -0.39 is 0 Å². The molecule has 1 heteroatoms. The Morgan fingerprint density at radius 3 is 2.77 bits per heavy atom. The zero-order chi connectivity index (χ0) is 9.68. The fourth-order valence-electron chi connectivity index (χ4n) is 2.44. The minimum Gasteiger partial charge on any atom is -0.313 e. The van der Waals surface area contributed by atoms with Crippen LogP contribution in [0.3, 0.4) is 0 Å². The van der Waals surface area contributed by atoms with Gasteiger partial charge in [-0.25, -0.2) is 0 Å². The fraction of sp³-hybridized carbons (Fsp3) is 0.833. The SMILES string of the molecule is CCCC(C)C(NC)C1=CCCC1. The quantitative estimate of drug-likeness (QED) is 0.643. The Morgan fingerprint density at radius 1 is 1.54 bits per heavy atom. The first-order valence-electron chi connectivity index (χ1n) is 5.65. The third kappa shape index (κ3) is 2.84. The first-order chi connectivity index (χ1) is 6.29. The third-order valence-electron chi connectivity index (χ3n) is 3.10. The second-order valence-electron chi connectivity index (χ2n) is 4.20. The summed E-state index contributed by atoms with van der Waals surface area (Å²) in [5, 5.41) is 3.46. The van der Waals surface area contributed by atoms with Crippen LogP contribution in [-0.4, -0.2) is 13.1 Å². The molecule has 1 N–H and O–H groups in total. The van der Waals surface area contributed by atoms with E-state index in [1.165, 1.54) is 32.1 Å². The van der Waals surface area contributed by atoms with Gasteiger partial charge in [0.05, 0.1) is 0 Å². The topological polar surface area (TPSA) is 12.0 Å². The maximum Gasteiger partial charge on any atom is 0.0302 e. The van der Waals surface area contributed by atoms with E-state index in [2.05, 4.69) is 32.3 Å². The van der Waals surface area contributed by atoms with Gasteiger partial charge in [-0.05, 0) is 38.6 Å². The Labute approximate surface area is 82.6 Å². The van der Waals surface area contributed by atoms with Gasteiger partial charge in [-0.3, -0.25) is 0 Å². The summed E-state index contributed by atoms with van der Waals surface area (Å²) < 4.78 is 0. The molecule has 0 heterocycles. The number of likely N-dealkylation sites (N-methyl/N-ethyl adjacent to an activating group) is 1. The monoisotopic (exact) mass is 181 g/mol. The largest absolute Gasteiger partial charge is 0.313 e. The molecular weight excluding hydrogens is 158 g/mol. The molecule has 1 aliphatic rings. The molecule has 2 unspecified atom stereocenters. The molecule has 2 atom stereocenters. The van der Waals surface area contributed by atoms with Gasteiger partial charge in [0.15, 0.2) is 0 Å². The Hall–Kier alpha value is -0.300. The van der Waals surface area contributed by atoms with Crippen LogP contribution in [0.1, 0.15) is 46.0 Å². The van der Waals surface area contributed by atoms with E-state index in [0.29, 0.717) is 6.04 Å². The highest BCUT2D eigenvalue weighted by Crippen LogP contribution is 2.26. The predicted molar refractivity (Wildman–Crippen MR) is 58.9 cm³/mol. The van der Waals surface area contributed by atoms with Crippen LogP contribution in [0.4, 0.5) is 0 Å². The van der Waals surface area contributed by atoms with E-state index >= 15 is 0 Å². The summed E-state index contributed by atoms with van der Waals surface area (Å²) in [7, 11) is 2.09. The highest BCUT2D eigenvalue weighted by Gasteiger charge is 2.20. The normalized spacial score (nSPS) is 21.3. The Kier molecular flexibility index (Phi) is 4.51. The van der Waals surface area contributed by atoms with Gasteiger partial charge in [-0.1, -0.05) is 31.9 Å². The van der Waals surface area contributed by atoms with Crippen molar-refractivity contribution < 1.29 is 0 Å². The fourth-order valence-corrected chi connectivity index (χ4v) is 2.44. The molecule has 1 nitrogen and oxygen atoms in total. The molecule has 1 aliphatic carbocycles. The molecule has 0 aromatic heterocycles. The average Bonchev–Trinajstić information content (AvgIpc) is 2.59. The molecule has 0 amide bonds. The summed E-state index contributed by atoms with van der Waals surface area (Å²) in [6, 6.07) is 0.641. The van der Waals surface area contributed by atoms with Crippen LogP contribution in [0.15, 0.2) is 11.6 Å². The van der Waals surface area contributed by atoms with Crippen molar-refractivity contribution in [2.45, 2.75) is 52.0 Å². The van der Waals surface area contributed by atoms with E-state index in [1.807, 2.05) is 0 Å². The lowest BCUT2D eigenvalue weighted by molar-refractivity contribution is 0.408. The summed E-state index contributed by atoms with van der Waals surface area (Å²) in [4.78, 5) is 0. The van der Waals surface area contributed by atoms with Crippen LogP contribution in [0.2, 0.25) is 0 Å². The maximum absolute atomic E-state index is 3.46. The molecule has 0 aliphatic heterocycles. The summed E-state index contributed by atoms with van der Waals surface area (Å²) >= 11 is 0. The van der Waals surface area contributed by atoms with Crippen LogP contribution < -0.4 is 5.32 Å². The highest BCUT2D eigenvalue weighted by molar-refractivity contribution is 5.16. The van der Waals surface area contributed by atoms with E-state index in [9.17, 15) is 0 Å². The molecule has 13 heavy (non-hydrogen) atoms. The lowest BCUT2D eigenvalue weighted by Crippen LogP contribution is -2.33. The van der Waals surface area contributed by atoms with Gasteiger partial charge in [0, 0.05) is 6.04 Å². The van der Waals surface area contributed by atoms with E-state index in [4.69, 9.17) is 0 Å². The van der Waals surface area contributed by atoms with Gasteiger partial charge in [-0.2, -0.15) is 0 Å². The third-order valence-corrected chi connectivity index (χ3v) is 3.10. The molecule has 0 spiro atoms. The molecule has 0 radical (unpaired) electrons. The van der Waals surface area contributed by atoms with Gasteiger partial charge in [0.2, 0.25) is 0 Å². The van der Waals surface area contributed by atoms with Crippen molar-refractivity contribution in [1.29, 1.82) is 0 Å². The maximum atomic E-state index is 3.46. The Balaban J connectivity index is 2.50. The Bertz CT molecular complexity index is 172. The zero-order valence-corrected chi connectivity index (χ0v) is 9.27. The van der Waals surface area contributed by atoms with Gasteiger partial charge >= 0.3 is 0 Å². The number of hydrogen-bond acceptors (Lipinski definition) is 1. The van der Waals surface area contributed by atoms with Crippen molar-refractivity contribution in [3.05, 3.63) is 11.6 Å². The van der Waals surface area contributed by atoms with Gasteiger partial charge in [0.25, 0.3) is 0 Å². The summed E-state index contributed by atoms with van der Waals surface area (Å²) in [6.45, 7) is 4.63. The Morgan fingerprint density at radius 2 is 2.31 bits per heavy atom. The lowest BCUT2D eigenvalue weighted by atomic mass is 9.90. The molecule has 0 bridgehead atoms. The van der Waals surface area contributed by atoms with Crippen molar-refractivity contribution >= 4 is 0 Å². The van der Waals surface area contributed by atoms with Gasteiger partial charge < -0.3 is 5.32 Å². The minimum absolute atomic E-state index is 0.641. The summed E-state index contributed by atoms with van der Waals surface area (Å²) in [5.74, 6) is 0.791. The van der Waals surface area contributed by atoms with Crippen molar-refractivity contribution in [3.63, 3.8) is 0 Å². The highest BCUT2D eigenvalue weighted by atomic mass is 14.9. The smallest absolute Gasteiger partial charge is 0.0302 e. The molecule has 0 aromatic rings. The second-order valence-corrected chi connectivity index (χ2v) is 4.20. The number of allylic oxidation sites excluding steroid dienone is 1. The van der Waals surface area contributed by atoms with Crippen molar-refractivity contribution in [1.82, 2.24) is 5.32 Å². The molecule has 0 saturated heterocycles. The zero-order valence-electron chi connectivity index (χ0n) is 9.27. The van der Waals surface area contributed by atoms with Crippen LogP contribution in [0.25, 0.3) is 0 Å². The standard InChI is InChI=1S/C12H23N/c1-4-7-10(2)12(13-3)11-8-5-6-9-11/h8,10,12-13H,4-7,9H2,1-3H3. The van der Waals surface area contributed by atoms with Gasteiger partial charge in [0.1, 0.15) is 0 Å². The first-order valence-corrected chi connectivity index (χ1v) is 5.65. The minimum atomic E-state index is 0.641. The van der Waals surface area contributed by atoms with Gasteiger partial charge in [-0.15, -0.1) is 0 Å². The lowest BCUT2D eigenvalue weighted by Gasteiger charge is -2.24. The van der Waals surface area contributed by atoms with Crippen LogP contribution in [0, 0.1) is 5.92 Å². The molecule has 0 aromatic carbocycles. The molecular formula is C12H23N. The van der Waals surface area contributed by atoms with E-state index in [1.54, 1.807) is 5.57 Å². The van der Waals surface area contributed by atoms with Crippen LogP contribution in [-0.2, 0) is 0 Å². The first kappa shape index (κ1) is 10.8. The number of hydrogen-bond donors (Lipinski definition) is 1. The van der Waals surface area contributed by atoms with Crippen molar-refractivity contribution in [2.75, 3.05) is 7.05 Å². The van der Waals surface area contributed by atoms with Crippen molar-refractivity contribution in [2.24, 2.45) is 5.92 Å². The van der Waals surface area contributed by atoms with Crippen LogP contribution in [0.5, 0.6) is 0 Å². The van der Waals surface area contributed by atoms with Crippen LogP contribution >= 0.6 is 0 Å².